The van der Waals surface area contributed by atoms with Gasteiger partial charge in [0.1, 0.15) is 0 Å². The lowest BCUT2D eigenvalue weighted by atomic mass is 10.1. The van der Waals surface area contributed by atoms with Crippen LogP contribution in [0.4, 0.5) is 0 Å². The molecule has 0 fully saturated rings. The molecule has 0 radical (unpaired) electrons. The molecule has 18 heavy (non-hydrogen) atoms. The number of aliphatic hydroxyl groups is 1. The fourth-order valence-corrected chi connectivity index (χ4v) is 2.70. The molecule has 1 N–H and O–H groups in total. The maximum atomic E-state index is 10.2. The second-order valence-electron chi connectivity index (χ2n) is 4.07. The summed E-state index contributed by atoms with van der Waals surface area (Å²) >= 11 is 1.62. The molecule has 0 saturated carbocycles. The Morgan fingerprint density at radius 2 is 2.22 bits per heavy atom. The van der Waals surface area contributed by atoms with Crippen molar-refractivity contribution in [1.82, 2.24) is 9.97 Å². The monoisotopic (exact) mass is 264 g/mol. The maximum Gasteiger partial charge on any atom is 0.218 e. The van der Waals surface area contributed by atoms with Crippen LogP contribution in [0.5, 0.6) is 5.88 Å². The van der Waals surface area contributed by atoms with Crippen LogP contribution in [0.3, 0.4) is 0 Å². The van der Waals surface area contributed by atoms with Crippen LogP contribution < -0.4 is 4.74 Å². The molecular weight excluding hydrogens is 248 g/mol. The van der Waals surface area contributed by atoms with Crippen LogP contribution in [0.2, 0.25) is 0 Å². The van der Waals surface area contributed by atoms with Crippen LogP contribution >= 0.6 is 11.3 Å². The normalized spacial score (nSPS) is 12.4. The SMILES string of the molecule is COc1ncccc1C(O)Cc1nc(C)c(C)s1. The first-order valence-electron chi connectivity index (χ1n) is 5.71. The number of hydrogen-bond donors (Lipinski definition) is 1. The molecule has 2 heterocycles. The van der Waals surface area contributed by atoms with Crippen molar-refractivity contribution in [1.29, 1.82) is 0 Å². The molecule has 0 aliphatic heterocycles. The van der Waals surface area contributed by atoms with Crippen LogP contribution in [-0.2, 0) is 6.42 Å². The lowest BCUT2D eigenvalue weighted by Crippen LogP contribution is -2.05. The average Bonchev–Trinajstić information content (AvgIpc) is 2.68. The van der Waals surface area contributed by atoms with E-state index in [2.05, 4.69) is 9.97 Å². The van der Waals surface area contributed by atoms with E-state index in [4.69, 9.17) is 4.74 Å². The van der Waals surface area contributed by atoms with Crippen molar-refractivity contribution in [2.45, 2.75) is 26.4 Å². The van der Waals surface area contributed by atoms with E-state index in [9.17, 15) is 5.11 Å². The minimum atomic E-state index is -0.640. The van der Waals surface area contributed by atoms with Crippen LogP contribution in [0.1, 0.15) is 27.2 Å². The van der Waals surface area contributed by atoms with Gasteiger partial charge >= 0.3 is 0 Å². The Hall–Kier alpha value is -1.46. The van der Waals surface area contributed by atoms with Gasteiger partial charge in [0.15, 0.2) is 0 Å². The number of pyridine rings is 1. The molecule has 1 unspecified atom stereocenters. The zero-order chi connectivity index (χ0) is 13.1. The molecule has 2 aromatic rings. The lowest BCUT2D eigenvalue weighted by molar-refractivity contribution is 0.173. The molecule has 0 aliphatic carbocycles. The number of aliphatic hydroxyl groups excluding tert-OH is 1. The molecule has 4 nitrogen and oxygen atoms in total. The van der Waals surface area contributed by atoms with E-state index in [1.54, 1.807) is 30.7 Å². The predicted molar refractivity (Wildman–Crippen MR) is 71.0 cm³/mol. The molecule has 1 atom stereocenters. The smallest absolute Gasteiger partial charge is 0.218 e. The molecule has 0 saturated heterocycles. The zero-order valence-electron chi connectivity index (χ0n) is 10.7. The van der Waals surface area contributed by atoms with E-state index < -0.39 is 6.10 Å². The number of ether oxygens (including phenoxy) is 1. The highest BCUT2D eigenvalue weighted by Gasteiger charge is 2.16. The largest absolute Gasteiger partial charge is 0.481 e. The van der Waals surface area contributed by atoms with Gasteiger partial charge in [-0.05, 0) is 26.0 Å². The van der Waals surface area contributed by atoms with Crippen molar-refractivity contribution in [3.05, 3.63) is 39.5 Å². The number of hydrogen-bond acceptors (Lipinski definition) is 5. The van der Waals surface area contributed by atoms with Crippen molar-refractivity contribution in [2.75, 3.05) is 7.11 Å². The summed E-state index contributed by atoms with van der Waals surface area (Å²) in [5.74, 6) is 0.468. The van der Waals surface area contributed by atoms with E-state index in [0.717, 1.165) is 10.7 Å². The molecule has 2 rings (SSSR count). The van der Waals surface area contributed by atoms with E-state index in [1.165, 1.54) is 4.88 Å². The van der Waals surface area contributed by atoms with Crippen molar-refractivity contribution < 1.29 is 9.84 Å². The fraction of sp³-hybridized carbons (Fsp3) is 0.385. The van der Waals surface area contributed by atoms with Crippen LogP contribution in [0.15, 0.2) is 18.3 Å². The highest BCUT2D eigenvalue weighted by molar-refractivity contribution is 7.11. The lowest BCUT2D eigenvalue weighted by Gasteiger charge is -2.12. The van der Waals surface area contributed by atoms with Gasteiger partial charge in [-0.1, -0.05) is 0 Å². The molecule has 0 amide bonds. The molecule has 0 aromatic carbocycles. The van der Waals surface area contributed by atoms with E-state index >= 15 is 0 Å². The number of aryl methyl sites for hydroxylation is 2. The van der Waals surface area contributed by atoms with Gasteiger partial charge in [0.05, 0.1) is 23.9 Å². The third-order valence-electron chi connectivity index (χ3n) is 2.79. The first-order valence-corrected chi connectivity index (χ1v) is 6.53. The van der Waals surface area contributed by atoms with Gasteiger partial charge in [-0.25, -0.2) is 9.97 Å². The van der Waals surface area contributed by atoms with Crippen LogP contribution in [0, 0.1) is 13.8 Å². The zero-order valence-corrected chi connectivity index (χ0v) is 11.5. The van der Waals surface area contributed by atoms with Gasteiger partial charge in [0.25, 0.3) is 0 Å². The number of methoxy groups -OCH3 is 1. The predicted octanol–water partition coefficient (Wildman–Crippen LogP) is 2.44. The van der Waals surface area contributed by atoms with Gasteiger partial charge in [0, 0.05) is 23.1 Å². The summed E-state index contributed by atoms with van der Waals surface area (Å²) in [7, 11) is 1.55. The van der Waals surface area contributed by atoms with Crippen molar-refractivity contribution in [2.24, 2.45) is 0 Å². The minimum absolute atomic E-state index is 0.468. The number of thiazole rings is 1. The summed E-state index contributed by atoms with van der Waals surface area (Å²) in [5.41, 5.74) is 1.73. The topological polar surface area (TPSA) is 55.2 Å². The second-order valence-corrected chi connectivity index (χ2v) is 5.36. The Morgan fingerprint density at radius 3 is 2.83 bits per heavy atom. The summed E-state index contributed by atoms with van der Waals surface area (Å²) in [5, 5.41) is 11.2. The highest BCUT2D eigenvalue weighted by Crippen LogP contribution is 2.27. The third-order valence-corrected chi connectivity index (χ3v) is 3.89. The van der Waals surface area contributed by atoms with E-state index in [-0.39, 0.29) is 0 Å². The first-order chi connectivity index (χ1) is 8.61. The van der Waals surface area contributed by atoms with Crippen molar-refractivity contribution in [3.8, 4) is 5.88 Å². The first kappa shape index (κ1) is 13.0. The molecule has 2 aromatic heterocycles. The van der Waals surface area contributed by atoms with Gasteiger partial charge in [-0.3, -0.25) is 0 Å². The summed E-state index contributed by atoms with van der Waals surface area (Å²) in [6.07, 6.45) is 1.49. The molecule has 5 heteroatoms. The van der Waals surface area contributed by atoms with E-state index in [0.29, 0.717) is 17.9 Å². The molecule has 0 aliphatic rings. The Balaban J connectivity index is 2.18. The number of aromatic nitrogens is 2. The summed E-state index contributed by atoms with van der Waals surface area (Å²) in [4.78, 5) is 9.70. The van der Waals surface area contributed by atoms with Crippen LogP contribution in [-0.4, -0.2) is 22.2 Å². The average molecular weight is 264 g/mol. The van der Waals surface area contributed by atoms with Gasteiger partial charge in [-0.15, -0.1) is 11.3 Å². The second kappa shape index (κ2) is 5.46. The summed E-state index contributed by atoms with van der Waals surface area (Å²) in [6.45, 7) is 4.01. The minimum Gasteiger partial charge on any atom is -0.481 e. The Morgan fingerprint density at radius 1 is 1.44 bits per heavy atom. The van der Waals surface area contributed by atoms with Gasteiger partial charge in [0.2, 0.25) is 5.88 Å². The summed E-state index contributed by atoms with van der Waals surface area (Å²) in [6, 6.07) is 3.61. The molecule has 96 valence electrons. The summed E-state index contributed by atoms with van der Waals surface area (Å²) < 4.78 is 5.14. The fourth-order valence-electron chi connectivity index (χ4n) is 1.73. The van der Waals surface area contributed by atoms with E-state index in [1.807, 2.05) is 19.9 Å². The Bertz CT molecular complexity index is 520. The molecular formula is C13H16N2O2S. The van der Waals surface area contributed by atoms with Gasteiger partial charge < -0.3 is 9.84 Å². The Kier molecular flexibility index (Phi) is 3.93. The number of nitrogens with zero attached hydrogens (tertiary/aromatic N) is 2. The standard InChI is InChI=1S/C13H16N2O2S/c1-8-9(2)18-12(15-8)7-11(16)10-5-4-6-14-13(10)17-3/h4-6,11,16H,7H2,1-3H3. The van der Waals surface area contributed by atoms with Crippen molar-refractivity contribution in [3.63, 3.8) is 0 Å². The Labute approximate surface area is 110 Å². The highest BCUT2D eigenvalue weighted by atomic mass is 32.1. The third kappa shape index (κ3) is 2.68. The maximum absolute atomic E-state index is 10.2. The van der Waals surface area contributed by atoms with Crippen LogP contribution in [0.25, 0.3) is 0 Å². The molecule has 0 spiro atoms. The van der Waals surface area contributed by atoms with Gasteiger partial charge in [-0.2, -0.15) is 0 Å². The number of rotatable bonds is 4. The van der Waals surface area contributed by atoms with Crippen molar-refractivity contribution >= 4 is 11.3 Å². The molecule has 0 bridgehead atoms. The quantitative estimate of drug-likeness (QED) is 0.921.